The van der Waals surface area contributed by atoms with Gasteiger partial charge in [-0.1, -0.05) is 0 Å². The number of aliphatic hydroxyl groups is 1. The molecule has 1 unspecified atom stereocenters. The minimum Gasteiger partial charge on any atom is -0.495 e. The van der Waals surface area contributed by atoms with Gasteiger partial charge in [0.25, 0.3) is 0 Å². The highest BCUT2D eigenvalue weighted by Gasteiger charge is 2.20. The molecule has 1 aromatic heterocycles. The van der Waals surface area contributed by atoms with Crippen LogP contribution in [0.15, 0.2) is 46.1 Å². The van der Waals surface area contributed by atoms with E-state index >= 15 is 0 Å². The fraction of sp³-hybridized carbons (Fsp3) is 0.286. The van der Waals surface area contributed by atoms with E-state index in [-0.39, 0.29) is 23.6 Å². The average Bonchev–Trinajstić information content (AvgIpc) is 3.01. The molecule has 22 heavy (non-hydrogen) atoms. The molecule has 0 saturated carbocycles. The number of aliphatic hydroxyl groups excluding tert-OH is 1. The van der Waals surface area contributed by atoms with Crippen molar-refractivity contribution < 1.29 is 27.1 Å². The number of sulfonamides is 1. The van der Waals surface area contributed by atoms with Gasteiger partial charge in [-0.15, -0.1) is 0 Å². The minimum absolute atomic E-state index is 0.0195. The Morgan fingerprint density at radius 3 is 2.82 bits per heavy atom. The van der Waals surface area contributed by atoms with Crippen molar-refractivity contribution in [2.75, 3.05) is 13.7 Å². The van der Waals surface area contributed by atoms with Crippen LogP contribution in [0.25, 0.3) is 0 Å². The summed E-state index contributed by atoms with van der Waals surface area (Å²) in [4.78, 5) is -0.284. The Morgan fingerprint density at radius 1 is 1.41 bits per heavy atom. The number of hydrogen-bond donors (Lipinski definition) is 2. The number of ether oxygens (including phenoxy) is 1. The third kappa shape index (κ3) is 3.85. The number of furan rings is 1. The van der Waals surface area contributed by atoms with Crippen LogP contribution in [0.4, 0.5) is 4.39 Å². The molecule has 0 fully saturated rings. The Hall–Kier alpha value is -1.90. The molecule has 0 aliphatic rings. The Bertz CT molecular complexity index is 715. The van der Waals surface area contributed by atoms with E-state index in [0.717, 1.165) is 12.1 Å². The lowest BCUT2D eigenvalue weighted by atomic mass is 10.1. The fourth-order valence-corrected chi connectivity index (χ4v) is 3.13. The van der Waals surface area contributed by atoms with Gasteiger partial charge in [0.05, 0.1) is 25.7 Å². The molecule has 0 bridgehead atoms. The van der Waals surface area contributed by atoms with Gasteiger partial charge in [-0.25, -0.2) is 17.5 Å². The normalized spacial score (nSPS) is 13.0. The Balaban J connectivity index is 2.04. The van der Waals surface area contributed by atoms with Crippen LogP contribution >= 0.6 is 0 Å². The van der Waals surface area contributed by atoms with E-state index in [1.807, 2.05) is 0 Å². The van der Waals surface area contributed by atoms with E-state index in [2.05, 4.69) is 4.72 Å². The average molecular weight is 329 g/mol. The molecule has 8 heteroatoms. The summed E-state index contributed by atoms with van der Waals surface area (Å²) in [5.74, 6) is -0.635. The largest absolute Gasteiger partial charge is 0.495 e. The molecule has 0 spiro atoms. The van der Waals surface area contributed by atoms with E-state index in [4.69, 9.17) is 9.15 Å². The second-order valence-corrected chi connectivity index (χ2v) is 6.29. The van der Waals surface area contributed by atoms with Crippen molar-refractivity contribution in [2.24, 2.45) is 0 Å². The lowest BCUT2D eigenvalue weighted by Crippen LogP contribution is -2.26. The van der Waals surface area contributed by atoms with Gasteiger partial charge in [0.15, 0.2) is 0 Å². The summed E-state index contributed by atoms with van der Waals surface area (Å²) in [6.07, 6.45) is 2.10. The molecular formula is C14H16FNO5S. The van der Waals surface area contributed by atoms with Crippen molar-refractivity contribution in [1.29, 1.82) is 0 Å². The topological polar surface area (TPSA) is 88.8 Å². The van der Waals surface area contributed by atoms with Crippen LogP contribution in [0.5, 0.6) is 5.75 Å². The molecule has 0 radical (unpaired) electrons. The minimum atomic E-state index is -3.94. The monoisotopic (exact) mass is 329 g/mol. The number of methoxy groups -OCH3 is 1. The molecule has 0 aliphatic carbocycles. The Kier molecular flexibility index (Phi) is 5.17. The van der Waals surface area contributed by atoms with Crippen LogP contribution < -0.4 is 9.46 Å². The molecule has 1 heterocycles. The maximum absolute atomic E-state index is 13.3. The van der Waals surface area contributed by atoms with Gasteiger partial charge in [0, 0.05) is 12.1 Å². The van der Waals surface area contributed by atoms with Crippen LogP contribution in [0.3, 0.4) is 0 Å². The number of nitrogens with one attached hydrogen (secondary N) is 1. The van der Waals surface area contributed by atoms with Gasteiger partial charge in [-0.05, 0) is 30.7 Å². The van der Waals surface area contributed by atoms with Gasteiger partial charge in [-0.2, -0.15) is 0 Å². The van der Waals surface area contributed by atoms with Crippen molar-refractivity contribution in [3.8, 4) is 5.75 Å². The number of hydrogen-bond acceptors (Lipinski definition) is 5. The third-order valence-corrected chi connectivity index (χ3v) is 4.54. The van der Waals surface area contributed by atoms with Crippen molar-refractivity contribution >= 4 is 10.0 Å². The summed E-state index contributed by atoms with van der Waals surface area (Å²) in [5.41, 5.74) is 0.558. The zero-order chi connectivity index (χ0) is 16.2. The van der Waals surface area contributed by atoms with Crippen molar-refractivity contribution in [2.45, 2.75) is 17.4 Å². The Labute approximate surface area is 127 Å². The summed E-state index contributed by atoms with van der Waals surface area (Å²) in [6.45, 7) is -0.0195. The Morgan fingerprint density at radius 2 is 2.18 bits per heavy atom. The number of benzene rings is 1. The molecule has 1 aromatic carbocycles. The van der Waals surface area contributed by atoms with Gasteiger partial charge in [0.2, 0.25) is 10.0 Å². The summed E-state index contributed by atoms with van der Waals surface area (Å²) < 4.78 is 49.7. The molecule has 0 saturated heterocycles. The highest BCUT2D eigenvalue weighted by molar-refractivity contribution is 7.89. The quantitative estimate of drug-likeness (QED) is 0.809. The van der Waals surface area contributed by atoms with E-state index in [1.165, 1.54) is 25.7 Å². The number of rotatable bonds is 7. The molecule has 120 valence electrons. The van der Waals surface area contributed by atoms with Crippen molar-refractivity contribution in [1.82, 2.24) is 4.72 Å². The van der Waals surface area contributed by atoms with Gasteiger partial charge in [-0.3, -0.25) is 0 Å². The summed E-state index contributed by atoms with van der Waals surface area (Å²) in [6, 6.07) is 4.83. The predicted octanol–water partition coefficient (Wildman–Crippen LogP) is 1.83. The van der Waals surface area contributed by atoms with Crippen LogP contribution in [0, 0.1) is 5.82 Å². The zero-order valence-electron chi connectivity index (χ0n) is 11.8. The van der Waals surface area contributed by atoms with Gasteiger partial charge in [0.1, 0.15) is 16.5 Å². The SMILES string of the molecule is COc1ccc(F)cc1S(=O)(=O)NCCC(O)c1ccoc1. The molecule has 2 N–H and O–H groups in total. The maximum Gasteiger partial charge on any atom is 0.244 e. The highest BCUT2D eigenvalue weighted by Crippen LogP contribution is 2.24. The van der Waals surface area contributed by atoms with Gasteiger partial charge >= 0.3 is 0 Å². The van der Waals surface area contributed by atoms with Crippen LogP contribution in [-0.4, -0.2) is 27.2 Å². The summed E-state index contributed by atoms with van der Waals surface area (Å²) in [7, 11) is -2.64. The number of halogens is 1. The molecule has 1 atom stereocenters. The second kappa shape index (κ2) is 6.91. The van der Waals surface area contributed by atoms with Crippen LogP contribution in [0.2, 0.25) is 0 Å². The first-order valence-corrected chi connectivity index (χ1v) is 7.95. The maximum atomic E-state index is 13.3. The molecule has 0 aliphatic heterocycles. The van der Waals surface area contributed by atoms with E-state index < -0.39 is 21.9 Å². The van der Waals surface area contributed by atoms with E-state index in [9.17, 15) is 17.9 Å². The van der Waals surface area contributed by atoms with E-state index in [1.54, 1.807) is 6.07 Å². The van der Waals surface area contributed by atoms with Gasteiger partial charge < -0.3 is 14.3 Å². The first-order valence-electron chi connectivity index (χ1n) is 6.47. The van der Waals surface area contributed by atoms with Crippen LogP contribution in [-0.2, 0) is 10.0 Å². The smallest absolute Gasteiger partial charge is 0.244 e. The fourth-order valence-electron chi connectivity index (χ4n) is 1.90. The first kappa shape index (κ1) is 16.5. The zero-order valence-corrected chi connectivity index (χ0v) is 12.6. The standard InChI is InChI=1S/C14H16FNO5S/c1-20-13-3-2-11(15)8-14(13)22(18,19)16-6-4-12(17)10-5-7-21-9-10/h2-3,5,7-9,12,16-17H,4,6H2,1H3. The molecule has 2 rings (SSSR count). The van der Waals surface area contributed by atoms with Crippen molar-refractivity contribution in [3.05, 3.63) is 48.2 Å². The molecular weight excluding hydrogens is 313 g/mol. The summed E-state index contributed by atoms with van der Waals surface area (Å²) in [5, 5.41) is 9.84. The second-order valence-electron chi connectivity index (χ2n) is 4.55. The van der Waals surface area contributed by atoms with Crippen molar-refractivity contribution in [3.63, 3.8) is 0 Å². The first-order chi connectivity index (χ1) is 10.4. The highest BCUT2D eigenvalue weighted by atomic mass is 32.2. The molecule has 2 aromatic rings. The summed E-state index contributed by atoms with van der Waals surface area (Å²) >= 11 is 0. The lowest BCUT2D eigenvalue weighted by Gasteiger charge is -2.12. The molecule has 6 nitrogen and oxygen atoms in total. The van der Waals surface area contributed by atoms with Crippen LogP contribution in [0.1, 0.15) is 18.1 Å². The lowest BCUT2D eigenvalue weighted by molar-refractivity contribution is 0.168. The third-order valence-electron chi connectivity index (χ3n) is 3.05. The predicted molar refractivity (Wildman–Crippen MR) is 76.4 cm³/mol. The molecule has 0 amide bonds. The van der Waals surface area contributed by atoms with E-state index in [0.29, 0.717) is 5.56 Å².